The van der Waals surface area contributed by atoms with Crippen LogP contribution in [0.5, 0.6) is 5.75 Å². The highest BCUT2D eigenvalue weighted by Gasteiger charge is 2.65. The zero-order valence-electron chi connectivity index (χ0n) is 18.8. The summed E-state index contributed by atoms with van der Waals surface area (Å²) in [6.45, 7) is 4.04. The van der Waals surface area contributed by atoms with Crippen LogP contribution >= 0.6 is 0 Å². The van der Waals surface area contributed by atoms with Crippen LogP contribution in [0.2, 0.25) is 0 Å². The lowest BCUT2D eigenvalue weighted by Gasteiger charge is -2.32. The lowest BCUT2D eigenvalue weighted by atomic mass is 9.77. The molecule has 1 aliphatic rings. The van der Waals surface area contributed by atoms with Crippen LogP contribution in [-0.2, 0) is 4.74 Å². The van der Waals surface area contributed by atoms with Crippen molar-refractivity contribution in [2.75, 3.05) is 7.11 Å². The van der Waals surface area contributed by atoms with Crippen LogP contribution in [0.4, 0.5) is 22.0 Å². The summed E-state index contributed by atoms with van der Waals surface area (Å²) in [5.74, 6) is -4.92. The third kappa shape index (κ3) is 4.06. The van der Waals surface area contributed by atoms with Crippen LogP contribution in [0.25, 0.3) is 11.0 Å². The maximum atomic E-state index is 14.4. The molecule has 34 heavy (non-hydrogen) atoms. The van der Waals surface area contributed by atoms with E-state index >= 15 is 0 Å². The van der Waals surface area contributed by atoms with E-state index in [4.69, 9.17) is 14.9 Å². The van der Waals surface area contributed by atoms with Crippen LogP contribution in [-0.4, -0.2) is 40.2 Å². The number of H-pyrrole nitrogens is 1. The van der Waals surface area contributed by atoms with Crippen molar-refractivity contribution in [2.45, 2.75) is 44.6 Å². The van der Waals surface area contributed by atoms with Gasteiger partial charge in [0.1, 0.15) is 17.4 Å². The summed E-state index contributed by atoms with van der Waals surface area (Å²) in [6.07, 6.45) is -3.63. The fourth-order valence-corrected chi connectivity index (χ4v) is 4.27. The zero-order valence-corrected chi connectivity index (χ0v) is 18.8. The number of hydrogen-bond acceptors (Lipinski definition) is 5. The van der Waals surface area contributed by atoms with Gasteiger partial charge in [0.15, 0.2) is 17.2 Å². The molecule has 3 aromatic rings. The van der Waals surface area contributed by atoms with Gasteiger partial charge in [0.05, 0.1) is 24.7 Å². The van der Waals surface area contributed by atoms with E-state index in [1.807, 2.05) is 0 Å². The molecule has 0 amide bonds. The van der Waals surface area contributed by atoms with E-state index in [1.54, 1.807) is 19.2 Å². The number of methoxy groups -OCH3 is 1. The molecule has 0 saturated carbocycles. The van der Waals surface area contributed by atoms with Gasteiger partial charge in [0.25, 0.3) is 0 Å². The van der Waals surface area contributed by atoms with Crippen molar-refractivity contribution in [2.24, 2.45) is 11.7 Å². The zero-order chi connectivity index (χ0) is 25.4. The van der Waals surface area contributed by atoms with Gasteiger partial charge in [-0.15, -0.1) is 0 Å². The van der Waals surface area contributed by atoms with Crippen LogP contribution in [0.15, 0.2) is 24.4 Å². The number of fused-ring (bicyclic) bond motifs is 1. The van der Waals surface area contributed by atoms with E-state index in [0.29, 0.717) is 16.7 Å². The molecule has 184 valence electrons. The number of aromatic nitrogens is 3. The predicted octanol–water partition coefficient (Wildman–Crippen LogP) is 4.92. The molecule has 0 spiro atoms. The number of benzene rings is 1. The Morgan fingerprint density at radius 2 is 1.91 bits per heavy atom. The molecule has 0 radical (unpaired) electrons. The maximum Gasteiger partial charge on any atom is 0.417 e. The molecule has 12 heteroatoms. The Morgan fingerprint density at radius 1 is 1.26 bits per heavy atom. The molecule has 4 N–H and O–H groups in total. The van der Waals surface area contributed by atoms with Gasteiger partial charge in [-0.05, 0) is 26.0 Å². The van der Waals surface area contributed by atoms with Gasteiger partial charge >= 0.3 is 6.18 Å². The highest BCUT2D eigenvalue weighted by Crippen LogP contribution is 2.59. The predicted molar refractivity (Wildman–Crippen MR) is 115 cm³/mol. The van der Waals surface area contributed by atoms with E-state index in [1.165, 1.54) is 13.0 Å². The van der Waals surface area contributed by atoms with E-state index in [2.05, 4.69) is 20.7 Å². The van der Waals surface area contributed by atoms with Crippen molar-refractivity contribution in [1.29, 1.82) is 5.41 Å². The van der Waals surface area contributed by atoms with Crippen molar-refractivity contribution in [3.8, 4) is 5.75 Å². The number of alkyl halides is 3. The summed E-state index contributed by atoms with van der Waals surface area (Å²) in [4.78, 5) is 11.6. The Bertz CT molecular complexity index is 1200. The van der Waals surface area contributed by atoms with E-state index < -0.39 is 47.1 Å². The second-order valence-electron chi connectivity index (χ2n) is 8.02. The number of halogens is 5. The van der Waals surface area contributed by atoms with Crippen molar-refractivity contribution >= 4 is 17.4 Å². The molecule has 1 aromatic carbocycles. The molecule has 7 nitrogen and oxygen atoms in total. The fraction of sp³-hybridized carbons (Fsp3) is 0.409. The van der Waals surface area contributed by atoms with E-state index in [0.717, 1.165) is 26.4 Å². The minimum atomic E-state index is -4.71. The molecule has 1 fully saturated rings. The van der Waals surface area contributed by atoms with Crippen molar-refractivity contribution in [1.82, 2.24) is 15.0 Å². The largest absolute Gasteiger partial charge is 0.493 e. The topological polar surface area (TPSA) is 110 Å². The average Bonchev–Trinajstić information content (AvgIpc) is 3.31. The van der Waals surface area contributed by atoms with Crippen LogP contribution in [0.1, 0.15) is 43.0 Å². The number of aromatic amines is 1. The normalized spacial score (nSPS) is 24.6. The number of pyridine rings is 1. The summed E-state index contributed by atoms with van der Waals surface area (Å²) in [6, 6.07) is 3.74. The number of rotatable bonds is 3. The maximum absolute atomic E-state index is 14.4. The van der Waals surface area contributed by atoms with Gasteiger partial charge < -0.3 is 20.2 Å². The Hall–Kier alpha value is -3.28. The average molecular weight is 485 g/mol. The van der Waals surface area contributed by atoms with Gasteiger partial charge in [-0.2, -0.15) is 17.6 Å². The molecule has 1 aliphatic heterocycles. The lowest BCUT2D eigenvalue weighted by Crippen LogP contribution is -2.46. The number of imidazole rings is 1. The molecule has 0 aliphatic carbocycles. The molecule has 2 unspecified atom stereocenters. The fourth-order valence-electron chi connectivity index (χ4n) is 4.27. The number of hydrogen-bond donors (Lipinski definition) is 3. The van der Waals surface area contributed by atoms with Crippen LogP contribution < -0.4 is 10.5 Å². The Balaban J connectivity index is 0.00000103. The lowest BCUT2D eigenvalue weighted by molar-refractivity contribution is -0.275. The number of nitrogens with zero attached hydrogens (tertiary/aromatic N) is 2. The highest BCUT2D eigenvalue weighted by molar-refractivity contribution is 5.77. The molecule has 1 saturated heterocycles. The van der Waals surface area contributed by atoms with Crippen molar-refractivity contribution < 1.29 is 31.4 Å². The van der Waals surface area contributed by atoms with Crippen LogP contribution in [0.3, 0.4) is 0 Å². The summed E-state index contributed by atoms with van der Waals surface area (Å²) in [5, 5.41) is 5.86. The molecule has 0 bridgehead atoms. The summed E-state index contributed by atoms with van der Waals surface area (Å²) in [7, 11) is 1.13. The first-order valence-corrected chi connectivity index (χ1v) is 10.2. The van der Waals surface area contributed by atoms with Crippen molar-refractivity contribution in [3.63, 3.8) is 0 Å². The van der Waals surface area contributed by atoms with Crippen molar-refractivity contribution in [3.05, 3.63) is 53.1 Å². The first-order valence-electron chi connectivity index (χ1n) is 10.2. The molecular weight excluding hydrogens is 461 g/mol. The summed E-state index contributed by atoms with van der Waals surface area (Å²) < 4.78 is 81.0. The number of ether oxygens (including phenoxy) is 2. The Labute approximate surface area is 192 Å². The van der Waals surface area contributed by atoms with Gasteiger partial charge in [0, 0.05) is 23.6 Å². The molecule has 2 aromatic heterocycles. The quantitative estimate of drug-likeness (QED) is 0.277. The Morgan fingerprint density at radius 3 is 2.47 bits per heavy atom. The SMILES string of the molecule is COc1c(C2C(C)[C@](C)(C(F)(F)F)O[C@H]2c2nc3c(C)nccc3[nH]2)ccc(F)c1F.N=CN. The second kappa shape index (κ2) is 9.16. The monoisotopic (exact) mass is 485 g/mol. The molecule has 3 heterocycles. The summed E-state index contributed by atoms with van der Waals surface area (Å²) in [5.41, 5.74) is 3.57. The second-order valence-corrected chi connectivity index (χ2v) is 8.02. The first-order chi connectivity index (χ1) is 15.9. The molecule has 4 atom stereocenters. The highest BCUT2D eigenvalue weighted by atomic mass is 19.4. The number of nitrogens with two attached hydrogens (primary N) is 1. The van der Waals surface area contributed by atoms with Gasteiger partial charge in [-0.25, -0.2) is 9.37 Å². The third-order valence-corrected chi connectivity index (χ3v) is 6.18. The molecular formula is C22H24F5N5O2. The third-order valence-electron chi connectivity index (χ3n) is 6.18. The number of aryl methyl sites for hydroxylation is 1. The van der Waals surface area contributed by atoms with Gasteiger partial charge in [-0.3, -0.25) is 10.4 Å². The summed E-state index contributed by atoms with van der Waals surface area (Å²) >= 11 is 0. The first kappa shape index (κ1) is 25.3. The molecule has 4 rings (SSSR count). The Kier molecular flexibility index (Phi) is 6.83. The smallest absolute Gasteiger partial charge is 0.417 e. The number of nitrogens with one attached hydrogen (secondary N) is 2. The van der Waals surface area contributed by atoms with Crippen LogP contribution in [0, 0.1) is 29.9 Å². The van der Waals surface area contributed by atoms with Gasteiger partial charge in [0.2, 0.25) is 5.82 Å². The minimum Gasteiger partial charge on any atom is -0.493 e. The van der Waals surface area contributed by atoms with Gasteiger partial charge in [-0.1, -0.05) is 13.0 Å². The minimum absolute atomic E-state index is 0.0715. The van der Waals surface area contributed by atoms with E-state index in [9.17, 15) is 22.0 Å². The van der Waals surface area contributed by atoms with E-state index in [-0.39, 0.29) is 11.4 Å². The standard InChI is InChI=1S/C21H20F5N3O2.CH4N2/c1-9-14(11-5-6-12(22)15(23)17(11)30-4)18(31-20(9,3)21(24,25)26)19-28-13-7-8-27-10(2)16(13)29-19;2-1-3/h5-9,14,18H,1-4H3,(H,28,29);1H,(H3,2,3)/t9?,14?,18-,20-;/m1./s1.